The Hall–Kier alpha value is -1.98. The first-order valence-electron chi connectivity index (χ1n) is 6.00. The molecule has 2 aromatic carbocycles. The number of hydrogen-bond donors (Lipinski definition) is 4. The quantitative estimate of drug-likeness (QED) is 0.654. The van der Waals surface area contributed by atoms with Crippen LogP contribution in [0.1, 0.15) is 11.6 Å². The highest BCUT2D eigenvalue weighted by molar-refractivity contribution is 6.33. The molecule has 106 valence electrons. The minimum atomic E-state index is -0.724. The lowest BCUT2D eigenvalue weighted by atomic mass is 10.1. The first-order chi connectivity index (χ1) is 9.54. The van der Waals surface area contributed by atoms with Crippen LogP contribution in [0, 0.1) is 5.82 Å². The van der Waals surface area contributed by atoms with Crippen LogP contribution in [0.5, 0.6) is 0 Å². The van der Waals surface area contributed by atoms with Gasteiger partial charge in [0.15, 0.2) is 5.82 Å². The van der Waals surface area contributed by atoms with Gasteiger partial charge in [-0.05, 0) is 11.6 Å². The van der Waals surface area contributed by atoms with Crippen molar-refractivity contribution in [3.8, 4) is 0 Å². The third-order valence-corrected chi connectivity index (χ3v) is 3.35. The van der Waals surface area contributed by atoms with E-state index in [1.165, 1.54) is 6.07 Å². The Morgan fingerprint density at radius 2 is 1.85 bits per heavy atom. The summed E-state index contributed by atoms with van der Waals surface area (Å²) >= 11 is 5.77. The minimum Gasteiger partial charge on any atom is -0.397 e. The molecule has 4 nitrogen and oxygen atoms in total. The highest BCUT2D eigenvalue weighted by Crippen LogP contribution is 2.35. The van der Waals surface area contributed by atoms with Crippen molar-refractivity contribution >= 4 is 28.7 Å². The van der Waals surface area contributed by atoms with Gasteiger partial charge in [-0.1, -0.05) is 41.9 Å². The lowest BCUT2D eigenvalue weighted by Crippen LogP contribution is -2.17. The summed E-state index contributed by atoms with van der Waals surface area (Å²) in [5.41, 5.74) is 12.3. The first-order valence-corrected chi connectivity index (χ1v) is 6.37. The summed E-state index contributed by atoms with van der Waals surface area (Å²) in [5, 5.41) is 12.1. The molecule has 0 saturated heterocycles. The highest BCUT2D eigenvalue weighted by atomic mass is 35.5. The molecule has 0 saturated carbocycles. The first kappa shape index (κ1) is 14.4. The summed E-state index contributed by atoms with van der Waals surface area (Å²) in [6, 6.07) is 10.0. The second kappa shape index (κ2) is 5.98. The summed E-state index contributed by atoms with van der Waals surface area (Å²) in [6.45, 7) is -0.217. The minimum absolute atomic E-state index is 0.0344. The molecule has 1 atom stereocenters. The van der Waals surface area contributed by atoms with Gasteiger partial charge in [-0.25, -0.2) is 4.39 Å². The average Bonchev–Trinajstić information content (AvgIpc) is 2.46. The summed E-state index contributed by atoms with van der Waals surface area (Å²) in [5.74, 6) is -0.724. The highest BCUT2D eigenvalue weighted by Gasteiger charge is 2.18. The summed E-state index contributed by atoms with van der Waals surface area (Å²) in [7, 11) is 0. The number of rotatable bonds is 4. The molecule has 2 rings (SSSR count). The Balaban J connectivity index is 2.36. The van der Waals surface area contributed by atoms with Crippen molar-refractivity contribution in [2.75, 3.05) is 23.4 Å². The van der Waals surface area contributed by atoms with Crippen LogP contribution in [0.4, 0.5) is 21.5 Å². The van der Waals surface area contributed by atoms with Crippen molar-refractivity contribution < 1.29 is 9.50 Å². The molecule has 0 amide bonds. The molecule has 0 aliphatic heterocycles. The predicted octanol–water partition coefficient (Wildman–Crippen LogP) is 2.79. The molecule has 6 N–H and O–H groups in total. The van der Waals surface area contributed by atoms with Gasteiger partial charge in [-0.2, -0.15) is 0 Å². The van der Waals surface area contributed by atoms with Gasteiger partial charge in [-0.15, -0.1) is 0 Å². The number of anilines is 3. The Labute approximate surface area is 121 Å². The van der Waals surface area contributed by atoms with Crippen LogP contribution in [-0.4, -0.2) is 11.7 Å². The van der Waals surface area contributed by atoms with E-state index in [1.807, 2.05) is 30.3 Å². The van der Waals surface area contributed by atoms with Crippen molar-refractivity contribution in [2.45, 2.75) is 6.04 Å². The number of aliphatic hydroxyl groups is 1. The molecule has 0 fully saturated rings. The fraction of sp³-hybridized carbons (Fsp3) is 0.143. The standard InChI is InChI=1S/C14H15ClFN3O/c15-12-9(17)6-10(18)14(13(12)16)19-11(7-20)8-4-2-1-3-5-8/h1-6,11,19-20H,7,17-18H2. The van der Waals surface area contributed by atoms with Gasteiger partial charge < -0.3 is 21.9 Å². The fourth-order valence-electron chi connectivity index (χ4n) is 1.91. The molecular formula is C14H15ClFN3O. The van der Waals surface area contributed by atoms with E-state index in [4.69, 9.17) is 23.1 Å². The zero-order valence-corrected chi connectivity index (χ0v) is 11.4. The molecule has 0 radical (unpaired) electrons. The maximum absolute atomic E-state index is 14.1. The normalized spacial score (nSPS) is 12.2. The van der Waals surface area contributed by atoms with E-state index in [-0.39, 0.29) is 28.7 Å². The number of aliphatic hydroxyl groups excluding tert-OH is 1. The molecule has 0 heterocycles. The molecular weight excluding hydrogens is 281 g/mol. The monoisotopic (exact) mass is 295 g/mol. The summed E-state index contributed by atoms with van der Waals surface area (Å²) in [4.78, 5) is 0. The van der Waals surface area contributed by atoms with Gasteiger partial charge in [0.2, 0.25) is 0 Å². The summed E-state index contributed by atoms with van der Waals surface area (Å²) in [6.07, 6.45) is 0. The van der Waals surface area contributed by atoms with E-state index in [0.29, 0.717) is 0 Å². The maximum atomic E-state index is 14.1. The molecule has 20 heavy (non-hydrogen) atoms. The molecule has 2 aromatic rings. The topological polar surface area (TPSA) is 84.3 Å². The van der Waals surface area contributed by atoms with Gasteiger partial charge in [0.05, 0.1) is 29.7 Å². The molecule has 1 unspecified atom stereocenters. The Bertz CT molecular complexity index is 607. The van der Waals surface area contributed by atoms with Crippen molar-refractivity contribution in [1.29, 1.82) is 0 Å². The SMILES string of the molecule is Nc1cc(N)c(NC(CO)c2ccccc2)c(F)c1Cl. The van der Waals surface area contributed by atoms with Crippen LogP contribution in [0.2, 0.25) is 5.02 Å². The van der Waals surface area contributed by atoms with E-state index >= 15 is 0 Å². The lowest BCUT2D eigenvalue weighted by Gasteiger charge is -2.20. The van der Waals surface area contributed by atoms with Gasteiger partial charge >= 0.3 is 0 Å². The Morgan fingerprint density at radius 3 is 2.45 bits per heavy atom. The molecule has 6 heteroatoms. The van der Waals surface area contributed by atoms with E-state index in [0.717, 1.165) is 5.56 Å². The zero-order chi connectivity index (χ0) is 14.7. The molecule has 0 bridgehead atoms. The number of nitrogens with one attached hydrogen (secondary N) is 1. The van der Waals surface area contributed by atoms with Crippen molar-refractivity contribution in [3.63, 3.8) is 0 Å². The van der Waals surface area contributed by atoms with Crippen molar-refractivity contribution in [2.24, 2.45) is 0 Å². The average molecular weight is 296 g/mol. The van der Waals surface area contributed by atoms with Crippen LogP contribution in [0.25, 0.3) is 0 Å². The second-order valence-electron chi connectivity index (χ2n) is 4.35. The van der Waals surface area contributed by atoms with E-state index in [1.54, 1.807) is 0 Å². The van der Waals surface area contributed by atoms with Gasteiger partial charge in [-0.3, -0.25) is 0 Å². The van der Waals surface area contributed by atoms with Crippen molar-refractivity contribution in [1.82, 2.24) is 0 Å². The largest absolute Gasteiger partial charge is 0.397 e. The van der Waals surface area contributed by atoms with Crippen molar-refractivity contribution in [3.05, 3.63) is 52.8 Å². The zero-order valence-electron chi connectivity index (χ0n) is 10.6. The Morgan fingerprint density at radius 1 is 1.20 bits per heavy atom. The maximum Gasteiger partial charge on any atom is 0.169 e. The third kappa shape index (κ3) is 2.79. The molecule has 0 spiro atoms. The third-order valence-electron chi connectivity index (χ3n) is 2.97. The van der Waals surface area contributed by atoms with E-state index < -0.39 is 11.9 Å². The number of nitrogens with two attached hydrogens (primary N) is 2. The van der Waals surface area contributed by atoms with Crippen LogP contribution in [0.3, 0.4) is 0 Å². The predicted molar refractivity (Wildman–Crippen MR) is 80.1 cm³/mol. The number of benzene rings is 2. The van der Waals surface area contributed by atoms with Crippen LogP contribution in [-0.2, 0) is 0 Å². The Kier molecular flexibility index (Phi) is 4.32. The van der Waals surface area contributed by atoms with Crippen LogP contribution >= 0.6 is 11.6 Å². The number of halogens is 2. The van der Waals surface area contributed by atoms with E-state index in [9.17, 15) is 9.50 Å². The second-order valence-corrected chi connectivity index (χ2v) is 4.73. The molecule has 0 aliphatic carbocycles. The molecule has 0 aliphatic rings. The van der Waals surface area contributed by atoms with Gasteiger partial charge in [0.1, 0.15) is 5.02 Å². The van der Waals surface area contributed by atoms with Gasteiger partial charge in [0, 0.05) is 0 Å². The fourth-order valence-corrected chi connectivity index (χ4v) is 2.06. The number of nitrogen functional groups attached to an aromatic ring is 2. The smallest absolute Gasteiger partial charge is 0.169 e. The van der Waals surface area contributed by atoms with Crippen LogP contribution < -0.4 is 16.8 Å². The van der Waals surface area contributed by atoms with Gasteiger partial charge in [0.25, 0.3) is 0 Å². The summed E-state index contributed by atoms with van der Waals surface area (Å²) < 4.78 is 14.1. The van der Waals surface area contributed by atoms with Crippen LogP contribution in [0.15, 0.2) is 36.4 Å². The number of hydrogen-bond acceptors (Lipinski definition) is 4. The molecule has 0 aromatic heterocycles. The lowest BCUT2D eigenvalue weighted by molar-refractivity contribution is 0.276. The van der Waals surface area contributed by atoms with E-state index in [2.05, 4.69) is 5.32 Å².